The summed E-state index contributed by atoms with van der Waals surface area (Å²) in [5, 5.41) is 9.06. The fourth-order valence-corrected chi connectivity index (χ4v) is 1.52. The van der Waals surface area contributed by atoms with Gasteiger partial charge in [0.25, 0.3) is 0 Å². The topological polar surface area (TPSA) is 42.4 Å². The van der Waals surface area contributed by atoms with Crippen LogP contribution in [0.5, 0.6) is 5.88 Å². The van der Waals surface area contributed by atoms with E-state index in [-0.39, 0.29) is 6.61 Å². The van der Waals surface area contributed by atoms with Crippen LogP contribution in [0.15, 0.2) is 42.5 Å². The van der Waals surface area contributed by atoms with Crippen LogP contribution in [0.1, 0.15) is 5.56 Å². The summed E-state index contributed by atoms with van der Waals surface area (Å²) in [6, 6.07) is 13.3. The number of aromatic nitrogens is 1. The standard InChI is InChI=1S/C13H13NO2/c1-16-13-7-3-6-12(14-13)11-5-2-4-10(8-11)9-15/h2-8,15H,9H2,1H3. The van der Waals surface area contributed by atoms with Crippen molar-refractivity contribution in [2.45, 2.75) is 6.61 Å². The van der Waals surface area contributed by atoms with Gasteiger partial charge >= 0.3 is 0 Å². The molecular weight excluding hydrogens is 202 g/mol. The van der Waals surface area contributed by atoms with Crippen molar-refractivity contribution in [3.8, 4) is 17.1 Å². The Morgan fingerprint density at radius 1 is 1.19 bits per heavy atom. The molecule has 0 amide bonds. The van der Waals surface area contributed by atoms with Crippen molar-refractivity contribution >= 4 is 0 Å². The van der Waals surface area contributed by atoms with E-state index >= 15 is 0 Å². The summed E-state index contributed by atoms with van der Waals surface area (Å²) in [6.45, 7) is 0.0395. The highest BCUT2D eigenvalue weighted by molar-refractivity contribution is 5.60. The van der Waals surface area contributed by atoms with Gasteiger partial charge in [0.1, 0.15) is 0 Å². The number of aliphatic hydroxyl groups is 1. The molecule has 16 heavy (non-hydrogen) atoms. The number of aliphatic hydroxyl groups excluding tert-OH is 1. The number of nitrogens with zero attached hydrogens (tertiary/aromatic N) is 1. The molecular formula is C13H13NO2. The first kappa shape index (κ1) is 10.6. The van der Waals surface area contributed by atoms with Crippen molar-refractivity contribution in [2.75, 3.05) is 7.11 Å². The quantitative estimate of drug-likeness (QED) is 0.853. The van der Waals surface area contributed by atoms with Gasteiger partial charge in [-0.2, -0.15) is 0 Å². The van der Waals surface area contributed by atoms with Crippen LogP contribution in [-0.4, -0.2) is 17.2 Å². The molecule has 0 aliphatic heterocycles. The van der Waals surface area contributed by atoms with Crippen LogP contribution in [0.3, 0.4) is 0 Å². The van der Waals surface area contributed by atoms with Gasteiger partial charge < -0.3 is 9.84 Å². The highest BCUT2D eigenvalue weighted by Gasteiger charge is 2.01. The molecule has 0 aliphatic rings. The number of rotatable bonds is 3. The number of benzene rings is 1. The lowest BCUT2D eigenvalue weighted by molar-refractivity contribution is 0.282. The van der Waals surface area contributed by atoms with Gasteiger partial charge in [-0.1, -0.05) is 24.3 Å². The zero-order valence-electron chi connectivity index (χ0n) is 9.05. The number of hydrogen-bond donors (Lipinski definition) is 1. The average Bonchev–Trinajstić information content (AvgIpc) is 2.39. The zero-order valence-corrected chi connectivity index (χ0v) is 9.05. The average molecular weight is 215 g/mol. The summed E-state index contributed by atoms with van der Waals surface area (Å²) in [5.41, 5.74) is 2.70. The molecule has 1 N–H and O–H groups in total. The molecule has 0 saturated carbocycles. The van der Waals surface area contributed by atoms with Crippen molar-refractivity contribution in [3.05, 3.63) is 48.0 Å². The summed E-state index contributed by atoms with van der Waals surface area (Å²) in [4.78, 5) is 4.33. The highest BCUT2D eigenvalue weighted by Crippen LogP contribution is 2.20. The smallest absolute Gasteiger partial charge is 0.213 e. The normalized spacial score (nSPS) is 10.1. The van der Waals surface area contributed by atoms with Crippen LogP contribution >= 0.6 is 0 Å². The lowest BCUT2D eigenvalue weighted by Crippen LogP contribution is -1.90. The Hall–Kier alpha value is -1.87. The fraction of sp³-hybridized carbons (Fsp3) is 0.154. The minimum Gasteiger partial charge on any atom is -0.481 e. The highest BCUT2D eigenvalue weighted by atomic mass is 16.5. The molecule has 1 heterocycles. The molecule has 3 heteroatoms. The van der Waals surface area contributed by atoms with Crippen molar-refractivity contribution in [2.24, 2.45) is 0 Å². The summed E-state index contributed by atoms with van der Waals surface area (Å²) in [5.74, 6) is 0.590. The van der Waals surface area contributed by atoms with E-state index in [1.54, 1.807) is 13.2 Å². The minimum atomic E-state index is 0.0395. The zero-order chi connectivity index (χ0) is 11.4. The van der Waals surface area contributed by atoms with Crippen LogP contribution in [0, 0.1) is 0 Å². The molecule has 2 rings (SSSR count). The van der Waals surface area contributed by atoms with Crippen molar-refractivity contribution in [1.29, 1.82) is 0 Å². The third-order valence-electron chi connectivity index (χ3n) is 2.34. The van der Waals surface area contributed by atoms with Crippen LogP contribution in [-0.2, 0) is 6.61 Å². The molecule has 0 aliphatic carbocycles. The second-order valence-corrected chi connectivity index (χ2v) is 3.42. The van der Waals surface area contributed by atoms with E-state index in [0.717, 1.165) is 16.8 Å². The third kappa shape index (κ3) is 2.20. The summed E-state index contributed by atoms with van der Waals surface area (Å²) in [7, 11) is 1.59. The summed E-state index contributed by atoms with van der Waals surface area (Å²) >= 11 is 0. The van der Waals surface area contributed by atoms with E-state index in [1.165, 1.54) is 0 Å². The molecule has 0 unspecified atom stereocenters. The van der Waals surface area contributed by atoms with Gasteiger partial charge in [0.2, 0.25) is 5.88 Å². The molecule has 0 fully saturated rings. The van der Waals surface area contributed by atoms with Crippen LogP contribution < -0.4 is 4.74 Å². The monoisotopic (exact) mass is 215 g/mol. The molecule has 1 aromatic carbocycles. The van der Waals surface area contributed by atoms with Gasteiger partial charge in [-0.05, 0) is 17.7 Å². The molecule has 0 radical (unpaired) electrons. The van der Waals surface area contributed by atoms with Crippen LogP contribution in [0.25, 0.3) is 11.3 Å². The van der Waals surface area contributed by atoms with Gasteiger partial charge in [0.15, 0.2) is 0 Å². The Balaban J connectivity index is 2.41. The number of ether oxygens (including phenoxy) is 1. The Morgan fingerprint density at radius 3 is 2.75 bits per heavy atom. The molecule has 0 spiro atoms. The lowest BCUT2D eigenvalue weighted by Gasteiger charge is -2.04. The first-order valence-corrected chi connectivity index (χ1v) is 5.04. The number of hydrogen-bond acceptors (Lipinski definition) is 3. The molecule has 3 nitrogen and oxygen atoms in total. The predicted molar refractivity (Wildman–Crippen MR) is 62.1 cm³/mol. The summed E-state index contributed by atoms with van der Waals surface area (Å²) in [6.07, 6.45) is 0. The van der Waals surface area contributed by atoms with E-state index in [4.69, 9.17) is 9.84 Å². The molecule has 0 saturated heterocycles. The molecule has 1 aromatic heterocycles. The first-order valence-electron chi connectivity index (χ1n) is 5.04. The number of pyridine rings is 1. The Bertz CT molecular complexity index is 437. The maximum atomic E-state index is 9.06. The second-order valence-electron chi connectivity index (χ2n) is 3.42. The molecule has 2 aromatic rings. The van der Waals surface area contributed by atoms with Gasteiger partial charge in [0.05, 0.1) is 19.4 Å². The van der Waals surface area contributed by atoms with E-state index in [1.807, 2.05) is 36.4 Å². The van der Waals surface area contributed by atoms with Gasteiger partial charge in [-0.15, -0.1) is 0 Å². The maximum absolute atomic E-state index is 9.06. The van der Waals surface area contributed by atoms with Crippen molar-refractivity contribution in [3.63, 3.8) is 0 Å². The fourth-order valence-electron chi connectivity index (χ4n) is 1.52. The van der Waals surface area contributed by atoms with Gasteiger partial charge in [-0.25, -0.2) is 4.98 Å². The van der Waals surface area contributed by atoms with Crippen molar-refractivity contribution < 1.29 is 9.84 Å². The Labute approximate surface area is 94.3 Å². The molecule has 82 valence electrons. The SMILES string of the molecule is COc1cccc(-c2cccc(CO)c2)n1. The van der Waals surface area contributed by atoms with Gasteiger partial charge in [-0.3, -0.25) is 0 Å². The van der Waals surface area contributed by atoms with E-state index in [9.17, 15) is 0 Å². The van der Waals surface area contributed by atoms with Crippen LogP contribution in [0.4, 0.5) is 0 Å². The largest absolute Gasteiger partial charge is 0.481 e. The molecule has 0 atom stereocenters. The van der Waals surface area contributed by atoms with E-state index in [0.29, 0.717) is 5.88 Å². The minimum absolute atomic E-state index is 0.0395. The first-order chi connectivity index (χ1) is 7.83. The third-order valence-corrected chi connectivity index (χ3v) is 2.34. The lowest BCUT2D eigenvalue weighted by atomic mass is 10.1. The molecule has 0 bridgehead atoms. The van der Waals surface area contributed by atoms with Crippen LogP contribution in [0.2, 0.25) is 0 Å². The second kappa shape index (κ2) is 4.77. The predicted octanol–water partition coefficient (Wildman–Crippen LogP) is 2.25. The number of methoxy groups -OCH3 is 1. The summed E-state index contributed by atoms with van der Waals surface area (Å²) < 4.78 is 5.07. The van der Waals surface area contributed by atoms with E-state index < -0.39 is 0 Å². The van der Waals surface area contributed by atoms with Gasteiger partial charge in [0, 0.05) is 11.6 Å². The maximum Gasteiger partial charge on any atom is 0.213 e. The Kier molecular flexibility index (Phi) is 3.17. The van der Waals surface area contributed by atoms with E-state index in [2.05, 4.69) is 4.98 Å². The van der Waals surface area contributed by atoms with Crippen molar-refractivity contribution in [1.82, 2.24) is 4.98 Å². The Morgan fingerprint density at radius 2 is 2.00 bits per heavy atom.